The Morgan fingerprint density at radius 3 is 2.69 bits per heavy atom. The zero-order chi connectivity index (χ0) is 11.9. The second-order valence-corrected chi connectivity index (χ2v) is 4.43. The van der Waals surface area contributed by atoms with Crippen molar-refractivity contribution in [3.05, 3.63) is 23.8 Å². The smallest absolute Gasteiger partial charge is 0.237 e. The number of nitrogens with zero attached hydrogens (tertiary/aromatic N) is 1. The molecule has 16 heavy (non-hydrogen) atoms. The van der Waals surface area contributed by atoms with Crippen LogP contribution in [0.3, 0.4) is 0 Å². The van der Waals surface area contributed by atoms with Crippen molar-refractivity contribution in [2.24, 2.45) is 0 Å². The summed E-state index contributed by atoms with van der Waals surface area (Å²) in [6.07, 6.45) is 0.802. The molecule has 0 bridgehead atoms. The number of carbonyl (C=O) groups excluding carboxylic acids is 1. The van der Waals surface area contributed by atoms with E-state index in [1.54, 1.807) is 12.0 Å². The molecular formula is C13H17NO2. The van der Waals surface area contributed by atoms with E-state index >= 15 is 0 Å². The minimum atomic E-state index is -0.404. The molecule has 1 aliphatic heterocycles. The fourth-order valence-corrected chi connectivity index (χ4v) is 2.31. The maximum atomic E-state index is 12.2. The van der Waals surface area contributed by atoms with Crippen LogP contribution in [0.4, 0.5) is 5.69 Å². The number of benzene rings is 1. The molecule has 0 fully saturated rings. The molecule has 0 aromatic heterocycles. The normalized spacial score (nSPS) is 23.5. The molecule has 1 heterocycles. The Balaban J connectivity index is 2.62. The maximum absolute atomic E-state index is 12.2. The molecule has 0 spiro atoms. The second kappa shape index (κ2) is 3.51. The Labute approximate surface area is 96.0 Å². The molecule has 3 nitrogen and oxygen atoms in total. The minimum Gasteiger partial charge on any atom is -0.497 e. The number of hydrogen-bond donors (Lipinski definition) is 0. The molecule has 0 N–H and O–H groups in total. The summed E-state index contributed by atoms with van der Waals surface area (Å²) in [5.74, 6) is 0.972. The topological polar surface area (TPSA) is 29.5 Å². The van der Waals surface area contributed by atoms with E-state index < -0.39 is 5.41 Å². The van der Waals surface area contributed by atoms with Crippen LogP contribution in [-0.4, -0.2) is 20.1 Å². The van der Waals surface area contributed by atoms with Crippen LogP contribution in [-0.2, 0) is 10.2 Å². The SMILES string of the molecule is CCC1(C)C(=O)N(C)c2ccc(OC)cc21. The Morgan fingerprint density at radius 2 is 2.12 bits per heavy atom. The first-order valence-electron chi connectivity index (χ1n) is 5.51. The lowest BCUT2D eigenvalue weighted by Crippen LogP contribution is -2.35. The fraction of sp³-hybridized carbons (Fsp3) is 0.462. The van der Waals surface area contributed by atoms with Crippen LogP contribution < -0.4 is 9.64 Å². The number of hydrogen-bond acceptors (Lipinski definition) is 2. The van der Waals surface area contributed by atoms with Gasteiger partial charge in [0.1, 0.15) is 5.75 Å². The van der Waals surface area contributed by atoms with Gasteiger partial charge in [-0.25, -0.2) is 0 Å². The molecule has 0 saturated carbocycles. The van der Waals surface area contributed by atoms with E-state index in [0.717, 1.165) is 23.4 Å². The molecule has 0 saturated heterocycles. The van der Waals surface area contributed by atoms with Gasteiger partial charge in [-0.15, -0.1) is 0 Å². The van der Waals surface area contributed by atoms with Gasteiger partial charge in [-0.3, -0.25) is 4.79 Å². The quantitative estimate of drug-likeness (QED) is 0.764. The second-order valence-electron chi connectivity index (χ2n) is 4.43. The molecule has 0 aliphatic carbocycles. The molecule has 1 atom stereocenters. The molecule has 86 valence electrons. The van der Waals surface area contributed by atoms with E-state index in [1.165, 1.54) is 0 Å². The van der Waals surface area contributed by atoms with E-state index in [4.69, 9.17) is 4.74 Å². The summed E-state index contributed by atoms with van der Waals surface area (Å²) in [4.78, 5) is 13.9. The molecule has 1 aromatic carbocycles. The lowest BCUT2D eigenvalue weighted by Gasteiger charge is -2.21. The van der Waals surface area contributed by atoms with Crippen molar-refractivity contribution < 1.29 is 9.53 Å². The van der Waals surface area contributed by atoms with Crippen LogP contribution in [0.1, 0.15) is 25.8 Å². The van der Waals surface area contributed by atoms with Crippen molar-refractivity contribution in [1.82, 2.24) is 0 Å². The maximum Gasteiger partial charge on any atom is 0.237 e. The van der Waals surface area contributed by atoms with E-state index in [2.05, 4.69) is 0 Å². The summed E-state index contributed by atoms with van der Waals surface area (Å²) in [5.41, 5.74) is 1.66. The Bertz CT molecular complexity index is 442. The largest absolute Gasteiger partial charge is 0.497 e. The van der Waals surface area contributed by atoms with Crippen molar-refractivity contribution in [3.8, 4) is 5.75 Å². The van der Waals surface area contributed by atoms with Gasteiger partial charge in [0.05, 0.1) is 12.5 Å². The average molecular weight is 219 g/mol. The van der Waals surface area contributed by atoms with E-state index in [1.807, 2.05) is 39.1 Å². The van der Waals surface area contributed by atoms with Crippen LogP contribution >= 0.6 is 0 Å². The van der Waals surface area contributed by atoms with Crippen molar-refractivity contribution in [2.75, 3.05) is 19.1 Å². The Kier molecular flexibility index (Phi) is 2.41. The standard InChI is InChI=1S/C13H17NO2/c1-5-13(2)10-8-9(16-4)6-7-11(10)14(3)12(13)15/h6-8H,5H2,1-4H3. The van der Waals surface area contributed by atoms with Gasteiger partial charge in [0.25, 0.3) is 0 Å². The van der Waals surface area contributed by atoms with Crippen LogP contribution in [0.5, 0.6) is 5.75 Å². The molecule has 1 aromatic rings. The van der Waals surface area contributed by atoms with Crippen LogP contribution in [0.25, 0.3) is 0 Å². The number of amides is 1. The molecule has 0 radical (unpaired) electrons. The third-order valence-corrected chi connectivity index (χ3v) is 3.64. The highest BCUT2D eigenvalue weighted by atomic mass is 16.5. The third kappa shape index (κ3) is 1.24. The van der Waals surface area contributed by atoms with Crippen molar-refractivity contribution in [1.29, 1.82) is 0 Å². The third-order valence-electron chi connectivity index (χ3n) is 3.64. The molecular weight excluding hydrogens is 202 g/mol. The summed E-state index contributed by atoms with van der Waals surface area (Å²) in [5, 5.41) is 0. The van der Waals surface area contributed by atoms with Gasteiger partial charge in [-0.05, 0) is 37.1 Å². The lowest BCUT2D eigenvalue weighted by atomic mass is 9.81. The first-order chi connectivity index (χ1) is 7.54. The van der Waals surface area contributed by atoms with Gasteiger partial charge < -0.3 is 9.64 Å². The highest BCUT2D eigenvalue weighted by Crippen LogP contribution is 2.44. The van der Waals surface area contributed by atoms with Crippen LogP contribution in [0.2, 0.25) is 0 Å². The van der Waals surface area contributed by atoms with Crippen molar-refractivity contribution in [2.45, 2.75) is 25.7 Å². The Morgan fingerprint density at radius 1 is 1.44 bits per heavy atom. The van der Waals surface area contributed by atoms with Gasteiger partial charge in [-0.2, -0.15) is 0 Å². The minimum absolute atomic E-state index is 0.165. The average Bonchev–Trinajstić information content (AvgIpc) is 2.52. The zero-order valence-electron chi connectivity index (χ0n) is 10.2. The predicted molar refractivity (Wildman–Crippen MR) is 64.0 cm³/mol. The molecule has 1 unspecified atom stereocenters. The summed E-state index contributed by atoms with van der Waals surface area (Å²) in [6, 6.07) is 5.82. The number of ether oxygens (including phenoxy) is 1. The lowest BCUT2D eigenvalue weighted by molar-refractivity contribution is -0.122. The van der Waals surface area contributed by atoms with Gasteiger partial charge in [0, 0.05) is 12.7 Å². The number of anilines is 1. The zero-order valence-corrected chi connectivity index (χ0v) is 10.2. The molecule has 1 amide bonds. The van der Waals surface area contributed by atoms with Gasteiger partial charge in [-0.1, -0.05) is 6.92 Å². The first-order valence-corrected chi connectivity index (χ1v) is 5.51. The van der Waals surface area contributed by atoms with Gasteiger partial charge >= 0.3 is 0 Å². The van der Waals surface area contributed by atoms with Crippen LogP contribution in [0.15, 0.2) is 18.2 Å². The monoisotopic (exact) mass is 219 g/mol. The van der Waals surface area contributed by atoms with E-state index in [0.29, 0.717) is 0 Å². The number of fused-ring (bicyclic) bond motifs is 1. The summed E-state index contributed by atoms with van der Waals surface area (Å²) < 4.78 is 5.22. The summed E-state index contributed by atoms with van der Waals surface area (Å²) >= 11 is 0. The highest BCUT2D eigenvalue weighted by molar-refractivity contribution is 6.07. The number of methoxy groups -OCH3 is 1. The van der Waals surface area contributed by atoms with Crippen molar-refractivity contribution in [3.63, 3.8) is 0 Å². The summed E-state index contributed by atoms with van der Waals surface area (Å²) in [7, 11) is 3.47. The summed E-state index contributed by atoms with van der Waals surface area (Å²) in [6.45, 7) is 4.04. The number of likely N-dealkylation sites (N-methyl/N-ethyl adjacent to an activating group) is 1. The van der Waals surface area contributed by atoms with Gasteiger partial charge in [0.15, 0.2) is 0 Å². The van der Waals surface area contributed by atoms with Crippen LogP contribution in [0, 0.1) is 0 Å². The molecule has 1 aliphatic rings. The Hall–Kier alpha value is -1.51. The fourth-order valence-electron chi connectivity index (χ4n) is 2.31. The molecule has 3 heteroatoms. The van der Waals surface area contributed by atoms with Gasteiger partial charge in [0.2, 0.25) is 5.91 Å². The number of carbonyl (C=O) groups is 1. The highest BCUT2D eigenvalue weighted by Gasteiger charge is 2.44. The predicted octanol–water partition coefficient (Wildman–Crippen LogP) is 2.34. The van der Waals surface area contributed by atoms with Crippen molar-refractivity contribution >= 4 is 11.6 Å². The number of rotatable bonds is 2. The molecule has 2 rings (SSSR count). The first kappa shape index (κ1) is 11.0. The van der Waals surface area contributed by atoms with E-state index in [9.17, 15) is 4.79 Å². The van der Waals surface area contributed by atoms with E-state index in [-0.39, 0.29) is 5.91 Å².